The minimum absolute atomic E-state index is 0.0595. The van der Waals surface area contributed by atoms with Gasteiger partial charge in [-0.25, -0.2) is 24.3 Å². The third-order valence-corrected chi connectivity index (χ3v) is 7.56. The van der Waals surface area contributed by atoms with Crippen LogP contribution in [0.1, 0.15) is 52.4 Å². The summed E-state index contributed by atoms with van der Waals surface area (Å²) in [5.41, 5.74) is 2.99. The van der Waals surface area contributed by atoms with Crippen molar-refractivity contribution in [3.05, 3.63) is 40.7 Å². The molecule has 1 unspecified atom stereocenters. The molecule has 0 spiro atoms. The van der Waals surface area contributed by atoms with Crippen molar-refractivity contribution < 1.29 is 4.39 Å². The van der Waals surface area contributed by atoms with Gasteiger partial charge in [-0.1, -0.05) is 6.08 Å². The number of aromatic nitrogens is 3. The molecule has 0 bridgehead atoms. The summed E-state index contributed by atoms with van der Waals surface area (Å²) in [7, 11) is 0. The van der Waals surface area contributed by atoms with Crippen LogP contribution in [0.2, 0.25) is 0 Å². The van der Waals surface area contributed by atoms with Crippen molar-refractivity contribution in [2.24, 2.45) is 15.9 Å². The second-order valence-electron chi connectivity index (χ2n) is 10.7. The monoisotopic (exact) mass is 500 g/mol. The van der Waals surface area contributed by atoms with Gasteiger partial charge in [0.15, 0.2) is 17.8 Å². The standard InChI is InChI=1S/C28H33FN8/c1-17-3-6-21(29)26(33-17)35-23-15-19(7-12-32-23)25-34-22-16-31-11-8-20(18-4-5-18)24(22)27(36-25)37-28(2)9-13-30-14-10-28/h3,7,11-12,15-16,18,21,30H,4-6,8-10,13-14H2,1-2H3,(H,32,33,35)(H,34,36,37). The summed E-state index contributed by atoms with van der Waals surface area (Å²) in [6, 6.07) is 3.69. The van der Waals surface area contributed by atoms with E-state index in [-0.39, 0.29) is 11.4 Å². The van der Waals surface area contributed by atoms with Gasteiger partial charge in [0.05, 0.1) is 11.5 Å². The predicted octanol–water partition coefficient (Wildman–Crippen LogP) is 3.13. The van der Waals surface area contributed by atoms with Crippen molar-refractivity contribution in [3.63, 3.8) is 0 Å². The highest BCUT2D eigenvalue weighted by Gasteiger charge is 2.31. The number of hydrogen-bond donors (Lipinski definition) is 3. The Hall–Kier alpha value is -3.46. The van der Waals surface area contributed by atoms with Crippen molar-refractivity contribution in [1.82, 2.24) is 25.6 Å². The van der Waals surface area contributed by atoms with Crippen molar-refractivity contribution in [1.29, 1.82) is 0 Å². The molecule has 3 aliphatic heterocycles. The molecule has 0 radical (unpaired) electrons. The number of pyridine rings is 1. The molecule has 192 valence electrons. The number of nitrogens with one attached hydrogen (secondary N) is 3. The van der Waals surface area contributed by atoms with E-state index in [0.29, 0.717) is 24.0 Å². The zero-order chi connectivity index (χ0) is 25.4. The molecule has 9 heteroatoms. The Kier molecular flexibility index (Phi) is 6.32. The lowest BCUT2D eigenvalue weighted by molar-refractivity contribution is 0.364. The molecule has 6 rings (SSSR count). The van der Waals surface area contributed by atoms with E-state index in [1.54, 1.807) is 6.20 Å². The van der Waals surface area contributed by atoms with E-state index >= 15 is 0 Å². The van der Waals surface area contributed by atoms with Crippen LogP contribution in [-0.4, -0.2) is 51.8 Å². The molecule has 2 aromatic rings. The molecule has 5 heterocycles. The quantitative estimate of drug-likeness (QED) is 0.584. The number of anilines is 1. The molecule has 3 N–H and O–H groups in total. The molecular weight excluding hydrogens is 467 g/mol. The first-order chi connectivity index (χ1) is 18.0. The van der Waals surface area contributed by atoms with Crippen LogP contribution in [0.4, 0.5) is 16.0 Å². The second kappa shape index (κ2) is 9.78. The number of rotatable bonds is 5. The maximum Gasteiger partial charge on any atom is 0.162 e. The summed E-state index contributed by atoms with van der Waals surface area (Å²) in [5, 5.41) is 12.3. The van der Waals surface area contributed by atoms with E-state index in [4.69, 9.17) is 9.97 Å². The number of alkyl halides is 1. The smallest absolute Gasteiger partial charge is 0.162 e. The lowest BCUT2D eigenvalue weighted by Gasteiger charge is -2.35. The van der Waals surface area contributed by atoms with Gasteiger partial charge >= 0.3 is 0 Å². The van der Waals surface area contributed by atoms with Crippen molar-refractivity contribution in [2.45, 2.75) is 64.1 Å². The zero-order valence-corrected chi connectivity index (χ0v) is 21.4. The summed E-state index contributed by atoms with van der Waals surface area (Å²) >= 11 is 0. The number of aliphatic imine (C=N–C) groups is 2. The minimum atomic E-state index is -1.18. The molecule has 8 nitrogen and oxygen atoms in total. The van der Waals surface area contributed by atoms with Crippen LogP contribution >= 0.6 is 0 Å². The first kappa shape index (κ1) is 23.9. The van der Waals surface area contributed by atoms with E-state index in [2.05, 4.69) is 37.8 Å². The van der Waals surface area contributed by atoms with Crippen molar-refractivity contribution in [2.75, 3.05) is 18.4 Å². The minimum Gasteiger partial charge on any atom is -0.364 e. The van der Waals surface area contributed by atoms with Gasteiger partial charge in [-0.2, -0.15) is 0 Å². The third kappa shape index (κ3) is 5.18. The van der Waals surface area contributed by atoms with Crippen LogP contribution in [0.15, 0.2) is 40.1 Å². The van der Waals surface area contributed by atoms with Crippen LogP contribution in [0, 0.1) is 5.92 Å². The van der Waals surface area contributed by atoms with Gasteiger partial charge in [0.25, 0.3) is 0 Å². The maximum atomic E-state index is 14.5. The topological polar surface area (TPSA) is 99.5 Å². The summed E-state index contributed by atoms with van der Waals surface area (Å²) < 4.78 is 14.5. The normalized spacial score (nSPS) is 24.0. The molecule has 2 fully saturated rings. The SMILES string of the molecule is CC1=CCC(F)C(=Nc2cc(-c3nc(NC4(C)CCNCC4)c4c(n3)=CN=CCC=4C3CC3)ccn2)N1. The Balaban J connectivity index is 1.45. The van der Waals surface area contributed by atoms with Gasteiger partial charge in [0, 0.05) is 47.3 Å². The number of piperidine rings is 1. The predicted molar refractivity (Wildman–Crippen MR) is 146 cm³/mol. The summed E-state index contributed by atoms with van der Waals surface area (Å²) in [5.74, 6) is 2.72. The molecule has 1 saturated carbocycles. The molecule has 0 aromatic carbocycles. The molecule has 2 aromatic heterocycles. The average molecular weight is 501 g/mol. The number of fused-ring (bicyclic) bond motifs is 1. The molecule has 1 aliphatic carbocycles. The molecule has 37 heavy (non-hydrogen) atoms. The third-order valence-electron chi connectivity index (χ3n) is 7.56. The number of allylic oxidation sites excluding steroid dienone is 2. The van der Waals surface area contributed by atoms with Crippen molar-refractivity contribution >= 4 is 35.5 Å². The van der Waals surface area contributed by atoms with Gasteiger partial charge in [-0.15, -0.1) is 0 Å². The first-order valence-corrected chi connectivity index (χ1v) is 13.2. The molecule has 4 aliphatic rings. The highest BCUT2D eigenvalue weighted by atomic mass is 19.1. The highest BCUT2D eigenvalue weighted by Crippen LogP contribution is 2.38. The average Bonchev–Trinajstić information content (AvgIpc) is 3.73. The summed E-state index contributed by atoms with van der Waals surface area (Å²) in [6.45, 7) is 6.13. The van der Waals surface area contributed by atoms with Gasteiger partial charge in [0.2, 0.25) is 0 Å². The molecule has 1 atom stereocenters. The Morgan fingerprint density at radius 2 is 2.03 bits per heavy atom. The first-order valence-electron chi connectivity index (χ1n) is 13.2. The lowest BCUT2D eigenvalue weighted by Crippen LogP contribution is -2.48. The fourth-order valence-corrected chi connectivity index (χ4v) is 5.24. The Bertz CT molecular complexity index is 1420. The van der Waals surface area contributed by atoms with E-state index in [0.717, 1.165) is 60.0 Å². The van der Waals surface area contributed by atoms with Crippen LogP contribution in [0.5, 0.6) is 0 Å². The van der Waals surface area contributed by atoms with Crippen LogP contribution in [-0.2, 0) is 0 Å². The van der Waals surface area contributed by atoms with E-state index < -0.39 is 6.17 Å². The summed E-state index contributed by atoms with van der Waals surface area (Å²) in [4.78, 5) is 23.4. The van der Waals surface area contributed by atoms with Gasteiger partial charge in [0.1, 0.15) is 11.7 Å². The van der Waals surface area contributed by atoms with Crippen LogP contribution in [0.3, 0.4) is 0 Å². The lowest BCUT2D eigenvalue weighted by atomic mass is 9.90. The fraction of sp³-hybridized carbons (Fsp3) is 0.464. The number of amidine groups is 1. The highest BCUT2D eigenvalue weighted by molar-refractivity contribution is 5.91. The zero-order valence-electron chi connectivity index (χ0n) is 21.4. The maximum absolute atomic E-state index is 14.5. The fourth-order valence-electron chi connectivity index (χ4n) is 5.24. The second-order valence-corrected chi connectivity index (χ2v) is 10.7. The number of halogens is 1. The van der Waals surface area contributed by atoms with Gasteiger partial charge in [-0.05, 0) is 76.2 Å². The molecule has 1 saturated heterocycles. The Morgan fingerprint density at radius 1 is 1.19 bits per heavy atom. The largest absolute Gasteiger partial charge is 0.364 e. The molecular formula is C28H33FN8. The van der Waals surface area contributed by atoms with Gasteiger partial charge < -0.3 is 16.0 Å². The van der Waals surface area contributed by atoms with Crippen molar-refractivity contribution in [3.8, 4) is 11.4 Å². The Morgan fingerprint density at radius 3 is 2.84 bits per heavy atom. The van der Waals surface area contributed by atoms with Crippen LogP contribution in [0.25, 0.3) is 23.2 Å². The summed E-state index contributed by atoms with van der Waals surface area (Å²) in [6.07, 6.45) is 11.7. The van der Waals surface area contributed by atoms with Crippen LogP contribution < -0.4 is 26.5 Å². The van der Waals surface area contributed by atoms with E-state index in [1.165, 1.54) is 18.4 Å². The Labute approximate surface area is 216 Å². The molecule has 0 amide bonds. The number of nitrogens with zero attached hydrogens (tertiary/aromatic N) is 5. The van der Waals surface area contributed by atoms with E-state index in [9.17, 15) is 4.39 Å². The van der Waals surface area contributed by atoms with E-state index in [1.807, 2.05) is 37.5 Å². The van der Waals surface area contributed by atoms with Gasteiger partial charge in [-0.3, -0.25) is 4.99 Å². The number of hydrogen-bond acceptors (Lipinski definition) is 7.